The van der Waals surface area contributed by atoms with Gasteiger partial charge in [0.05, 0.1) is 25.0 Å². The van der Waals surface area contributed by atoms with Gasteiger partial charge in [0, 0.05) is 33.7 Å². The number of hydrogen-bond donors (Lipinski definition) is 3. The van der Waals surface area contributed by atoms with Crippen LogP contribution in [0.25, 0.3) is 0 Å². The number of nitrogens with zero attached hydrogens (tertiary/aromatic N) is 3. The lowest BCUT2D eigenvalue weighted by molar-refractivity contribution is -0.180. The molecule has 1 amide bonds. The van der Waals surface area contributed by atoms with Gasteiger partial charge < -0.3 is 25.0 Å². The van der Waals surface area contributed by atoms with Crippen LogP contribution in [-0.2, 0) is 21.6 Å². The zero-order valence-corrected chi connectivity index (χ0v) is 22.8. The molecule has 4 aromatic rings. The van der Waals surface area contributed by atoms with Crippen LogP contribution in [0.5, 0.6) is 5.75 Å². The fourth-order valence-corrected chi connectivity index (χ4v) is 5.85. The summed E-state index contributed by atoms with van der Waals surface area (Å²) in [4.78, 5) is 16.4. The zero-order chi connectivity index (χ0) is 29.0. The Bertz CT molecular complexity index is 1470. The summed E-state index contributed by atoms with van der Waals surface area (Å²) in [6, 6.07) is 16.1. The van der Waals surface area contributed by atoms with Crippen molar-refractivity contribution in [3.63, 3.8) is 0 Å². The first-order valence-corrected chi connectivity index (χ1v) is 13.7. The number of amides is 1. The maximum absolute atomic E-state index is 14.8. The molecule has 1 aromatic heterocycles. The fraction of sp³-hybridized carbons (Fsp3) is 0.276. The molecule has 1 saturated heterocycles. The molecule has 3 N–H and O–H groups in total. The minimum absolute atomic E-state index is 0.0422. The van der Waals surface area contributed by atoms with Crippen LogP contribution in [0.3, 0.4) is 0 Å². The lowest BCUT2D eigenvalue weighted by Gasteiger charge is -2.37. The number of ether oxygens (including phenoxy) is 2. The summed E-state index contributed by atoms with van der Waals surface area (Å²) >= 11 is 1.37. The van der Waals surface area contributed by atoms with Gasteiger partial charge in [-0.05, 0) is 42.5 Å². The second-order valence-electron chi connectivity index (χ2n) is 9.66. The van der Waals surface area contributed by atoms with E-state index in [1.807, 2.05) is 0 Å². The highest BCUT2D eigenvalue weighted by Gasteiger charge is 2.41. The summed E-state index contributed by atoms with van der Waals surface area (Å²) in [5.74, 6) is -1.77. The third-order valence-corrected chi connectivity index (χ3v) is 8.23. The number of aliphatic hydroxyl groups is 1. The van der Waals surface area contributed by atoms with Crippen molar-refractivity contribution in [2.45, 2.75) is 35.9 Å². The highest BCUT2D eigenvalue weighted by atomic mass is 32.2. The van der Waals surface area contributed by atoms with Crippen molar-refractivity contribution < 1.29 is 33.3 Å². The van der Waals surface area contributed by atoms with Gasteiger partial charge in [-0.2, -0.15) is 5.10 Å². The van der Waals surface area contributed by atoms with Crippen molar-refractivity contribution in [3.8, 4) is 5.75 Å². The molecule has 0 spiro atoms. The van der Waals surface area contributed by atoms with E-state index in [1.54, 1.807) is 43.3 Å². The maximum atomic E-state index is 14.8. The summed E-state index contributed by atoms with van der Waals surface area (Å²) in [6.07, 6.45) is 2.10. The molecule has 214 valence electrons. The van der Waals surface area contributed by atoms with Crippen LogP contribution in [0.1, 0.15) is 34.7 Å². The SMILES string of the molecule is C[C@@H](S[C@H]1CO[C@H](c2ccc(C(=O)Nc3ccc(O)cc3)cc2)OC1)[C@](O)(Cn1cncn1)c1ccc(F)cc1F. The van der Waals surface area contributed by atoms with Gasteiger partial charge >= 0.3 is 0 Å². The van der Waals surface area contributed by atoms with Crippen molar-refractivity contribution in [1.82, 2.24) is 14.8 Å². The molecule has 0 bridgehead atoms. The predicted molar refractivity (Wildman–Crippen MR) is 148 cm³/mol. The summed E-state index contributed by atoms with van der Waals surface area (Å²) < 4.78 is 41.7. The van der Waals surface area contributed by atoms with E-state index in [2.05, 4.69) is 15.4 Å². The Morgan fingerprint density at radius 2 is 1.83 bits per heavy atom. The van der Waals surface area contributed by atoms with Crippen LogP contribution in [-0.4, -0.2) is 54.6 Å². The van der Waals surface area contributed by atoms with Crippen LogP contribution in [0.4, 0.5) is 14.5 Å². The number of halogens is 2. The largest absolute Gasteiger partial charge is 0.508 e. The number of thioether (sulfide) groups is 1. The van der Waals surface area contributed by atoms with E-state index in [0.29, 0.717) is 24.5 Å². The first kappa shape index (κ1) is 28.7. The Labute approximate surface area is 239 Å². The lowest BCUT2D eigenvalue weighted by atomic mass is 9.90. The van der Waals surface area contributed by atoms with Crippen molar-refractivity contribution in [2.75, 3.05) is 18.5 Å². The number of anilines is 1. The smallest absolute Gasteiger partial charge is 0.255 e. The van der Waals surface area contributed by atoms with Crippen LogP contribution in [0, 0.1) is 11.6 Å². The molecule has 2 heterocycles. The van der Waals surface area contributed by atoms with Gasteiger partial charge in [-0.25, -0.2) is 18.4 Å². The molecule has 0 unspecified atom stereocenters. The average Bonchev–Trinajstić information content (AvgIpc) is 3.47. The Hall–Kier alpha value is -3.84. The van der Waals surface area contributed by atoms with E-state index in [9.17, 15) is 23.8 Å². The number of phenols is 1. The number of aromatic hydroxyl groups is 1. The molecule has 5 rings (SSSR count). The molecule has 2 atom stereocenters. The molecule has 0 saturated carbocycles. The second kappa shape index (κ2) is 12.4. The summed E-state index contributed by atoms with van der Waals surface area (Å²) in [6.45, 7) is 2.27. The number of nitrogens with one attached hydrogen (secondary N) is 1. The van der Waals surface area contributed by atoms with Crippen LogP contribution < -0.4 is 5.32 Å². The molecule has 41 heavy (non-hydrogen) atoms. The maximum Gasteiger partial charge on any atom is 0.255 e. The number of hydrogen-bond acceptors (Lipinski definition) is 8. The van der Waals surface area contributed by atoms with E-state index in [1.165, 1.54) is 47.3 Å². The molecule has 1 fully saturated rings. The van der Waals surface area contributed by atoms with Crippen LogP contribution in [0.15, 0.2) is 79.4 Å². The number of carbonyl (C=O) groups is 1. The normalized spacial score (nSPS) is 19.3. The Balaban J connectivity index is 1.20. The van der Waals surface area contributed by atoms with Gasteiger partial charge in [-0.3, -0.25) is 4.79 Å². The van der Waals surface area contributed by atoms with E-state index < -0.39 is 28.8 Å². The fourth-order valence-electron chi connectivity index (χ4n) is 4.53. The van der Waals surface area contributed by atoms with Crippen molar-refractivity contribution >= 4 is 23.4 Å². The topological polar surface area (TPSA) is 119 Å². The van der Waals surface area contributed by atoms with E-state index in [4.69, 9.17) is 9.47 Å². The highest BCUT2D eigenvalue weighted by Crippen LogP contribution is 2.39. The van der Waals surface area contributed by atoms with Gasteiger partial charge in [0.2, 0.25) is 0 Å². The minimum atomic E-state index is -1.73. The molecule has 3 aromatic carbocycles. The molecular weight excluding hydrogens is 554 g/mol. The number of phenolic OH excluding ortho intramolecular Hbond substituents is 1. The molecule has 9 nitrogen and oxygen atoms in total. The van der Waals surface area contributed by atoms with E-state index in [0.717, 1.165) is 17.7 Å². The number of carbonyl (C=O) groups excluding carboxylic acids is 1. The van der Waals surface area contributed by atoms with Crippen molar-refractivity contribution in [1.29, 1.82) is 0 Å². The van der Waals surface area contributed by atoms with Crippen LogP contribution in [0.2, 0.25) is 0 Å². The van der Waals surface area contributed by atoms with Gasteiger partial charge in [0.15, 0.2) is 6.29 Å². The lowest BCUT2D eigenvalue weighted by Crippen LogP contribution is -2.43. The minimum Gasteiger partial charge on any atom is -0.508 e. The molecule has 12 heteroatoms. The average molecular weight is 583 g/mol. The van der Waals surface area contributed by atoms with Crippen molar-refractivity contribution in [3.05, 3.63) is 108 Å². The van der Waals surface area contributed by atoms with E-state index >= 15 is 0 Å². The number of rotatable bonds is 9. The van der Waals surface area contributed by atoms with Gasteiger partial charge in [0.25, 0.3) is 5.91 Å². The summed E-state index contributed by atoms with van der Waals surface area (Å²) in [5.41, 5.74) is -0.0365. The molecule has 0 aliphatic carbocycles. The number of aromatic nitrogens is 3. The Morgan fingerprint density at radius 3 is 2.46 bits per heavy atom. The first-order chi connectivity index (χ1) is 19.7. The standard InChI is InChI=1S/C29H28F2N4O5S/c1-18(29(38,15-35-17-32-16-33-35)25-11-6-21(30)12-26(25)31)41-24-13-39-28(40-14-24)20-4-2-19(3-5-20)27(37)34-22-7-9-23(36)10-8-22/h2-12,16-18,24,28,36,38H,13-15H2,1H3,(H,34,37)/t18-,24-,28-,29-/m1/s1. The Kier molecular flexibility index (Phi) is 8.64. The van der Waals surface area contributed by atoms with Gasteiger partial charge in [-0.15, -0.1) is 11.8 Å². The molecule has 1 aliphatic heterocycles. The molecule has 1 aliphatic rings. The van der Waals surface area contributed by atoms with Gasteiger partial charge in [-0.1, -0.05) is 25.1 Å². The highest BCUT2D eigenvalue weighted by molar-refractivity contribution is 8.00. The third-order valence-electron chi connectivity index (χ3n) is 6.77. The first-order valence-electron chi connectivity index (χ1n) is 12.8. The predicted octanol–water partition coefficient (Wildman–Crippen LogP) is 4.64. The summed E-state index contributed by atoms with van der Waals surface area (Å²) in [5, 5.41) is 27.2. The number of benzene rings is 3. The molecule has 0 radical (unpaired) electrons. The quantitative estimate of drug-likeness (QED) is 0.245. The Morgan fingerprint density at radius 1 is 1.12 bits per heavy atom. The molecular formula is C29H28F2N4O5S. The summed E-state index contributed by atoms with van der Waals surface area (Å²) in [7, 11) is 0. The van der Waals surface area contributed by atoms with Crippen molar-refractivity contribution in [2.24, 2.45) is 0 Å². The van der Waals surface area contributed by atoms with Gasteiger partial charge in [0.1, 0.15) is 35.6 Å². The van der Waals surface area contributed by atoms with E-state index in [-0.39, 0.29) is 29.0 Å². The second-order valence-corrected chi connectivity index (χ2v) is 11.3. The van der Waals surface area contributed by atoms with Crippen LogP contribution >= 0.6 is 11.8 Å². The third kappa shape index (κ3) is 6.73. The monoisotopic (exact) mass is 582 g/mol. The zero-order valence-electron chi connectivity index (χ0n) is 22.0.